The molecule has 0 spiro atoms. The third-order valence-corrected chi connectivity index (χ3v) is 7.08. The van der Waals surface area contributed by atoms with Gasteiger partial charge in [0.05, 0.1) is 41.4 Å². The molecule has 1 fully saturated rings. The van der Waals surface area contributed by atoms with Gasteiger partial charge in [-0.15, -0.1) is 5.10 Å². The average molecular weight is 539 g/mol. The number of benzene rings is 3. The number of nitrogens with one attached hydrogen (secondary N) is 2. The fourth-order valence-corrected chi connectivity index (χ4v) is 4.84. The van der Waals surface area contributed by atoms with E-state index in [0.717, 1.165) is 18.4 Å². The minimum Gasteiger partial charge on any atom is -0.377 e. The minimum absolute atomic E-state index is 0.110. The molecule has 0 saturated heterocycles. The fraction of sp³-hybridized carbons (Fsp3) is 0.200. The summed E-state index contributed by atoms with van der Waals surface area (Å²) >= 11 is 6.72. The molecule has 2 atom stereocenters. The van der Waals surface area contributed by atoms with Gasteiger partial charge in [-0.2, -0.15) is 5.26 Å². The number of nitrogens with zero attached hydrogens (tertiary/aromatic N) is 5. The number of hydrogen-bond donors (Lipinski definition) is 2. The Morgan fingerprint density at radius 1 is 1.10 bits per heavy atom. The van der Waals surface area contributed by atoms with Crippen molar-refractivity contribution in [1.82, 2.24) is 20.0 Å². The maximum Gasteiger partial charge on any atom is 0.123 e. The summed E-state index contributed by atoms with van der Waals surface area (Å²) in [6.07, 6.45) is 5.30. The van der Waals surface area contributed by atoms with Gasteiger partial charge >= 0.3 is 0 Å². The van der Waals surface area contributed by atoms with Crippen molar-refractivity contribution in [3.05, 3.63) is 112 Å². The number of rotatable bonds is 8. The quantitative estimate of drug-likeness (QED) is 0.217. The third kappa shape index (κ3) is 5.14. The Morgan fingerprint density at radius 3 is 2.59 bits per heavy atom. The molecule has 1 saturated carbocycles. The Hall–Kier alpha value is -4.48. The van der Waals surface area contributed by atoms with Crippen LogP contribution in [0, 0.1) is 17.1 Å². The second kappa shape index (κ2) is 10.4. The molecular weight excluding hydrogens is 513 g/mol. The Balaban J connectivity index is 1.45. The summed E-state index contributed by atoms with van der Waals surface area (Å²) < 4.78 is 25.1. The highest BCUT2D eigenvalue weighted by Gasteiger charge is 2.27. The van der Waals surface area contributed by atoms with E-state index >= 15 is 0 Å². The van der Waals surface area contributed by atoms with Gasteiger partial charge in [0, 0.05) is 23.3 Å². The highest BCUT2D eigenvalue weighted by Crippen LogP contribution is 2.38. The van der Waals surface area contributed by atoms with E-state index in [9.17, 15) is 11.0 Å². The summed E-state index contributed by atoms with van der Waals surface area (Å²) in [7, 11) is 0. The van der Waals surface area contributed by atoms with Gasteiger partial charge in [-0.25, -0.2) is 9.07 Å². The van der Waals surface area contributed by atoms with Crippen LogP contribution in [0.15, 0.2) is 79.1 Å². The first-order chi connectivity index (χ1) is 19.4. The monoisotopic (exact) mass is 538 g/mol. The van der Waals surface area contributed by atoms with Gasteiger partial charge < -0.3 is 10.6 Å². The van der Waals surface area contributed by atoms with Gasteiger partial charge in [-0.05, 0) is 55.2 Å². The minimum atomic E-state index is -1.61. The number of fused-ring (bicyclic) bond motifs is 1. The smallest absolute Gasteiger partial charge is 0.123 e. The second-order valence-electron chi connectivity index (χ2n) is 9.61. The molecule has 3 aromatic carbocycles. The normalized spacial score (nSPS) is 15.7. The molecule has 0 radical (unpaired) electrons. The molecule has 194 valence electrons. The van der Waals surface area contributed by atoms with Gasteiger partial charge in [0.1, 0.15) is 17.6 Å². The highest BCUT2D eigenvalue weighted by atomic mass is 35.5. The number of halogens is 2. The third-order valence-electron chi connectivity index (χ3n) is 6.80. The lowest BCUT2D eigenvalue weighted by molar-refractivity contribution is 0.610. The molecule has 9 heteroatoms. The van der Waals surface area contributed by atoms with Crippen molar-refractivity contribution < 1.29 is 5.76 Å². The Labute approximate surface area is 231 Å². The summed E-state index contributed by atoms with van der Waals surface area (Å²) in [5.41, 5.74) is 3.88. The van der Waals surface area contributed by atoms with Gasteiger partial charge in [-0.3, -0.25) is 4.98 Å². The maximum atomic E-state index is 13.8. The zero-order chi connectivity index (χ0) is 27.9. The standard InChI is InChI=1S/C30H25ClFN7/c1-18(19-5-3-2-4-6-19)35-28-21(15-33)16-34-30-25(28)13-23(14-26(30)31)36-29(20-7-9-22(32)10-8-20)27-17-39(38-37-27)24-11-12-24/h2-10,13-14,16-18,24,29,36H,11-12H2,1H3,(H,34,35)/t18-,29?/m1/s1/i29D. The zero-order valence-corrected chi connectivity index (χ0v) is 21.8. The Bertz CT molecular complexity index is 1730. The lowest BCUT2D eigenvalue weighted by Crippen LogP contribution is -2.13. The van der Waals surface area contributed by atoms with Crippen molar-refractivity contribution >= 4 is 33.9 Å². The van der Waals surface area contributed by atoms with E-state index in [0.29, 0.717) is 44.1 Å². The van der Waals surface area contributed by atoms with E-state index in [4.69, 9.17) is 11.6 Å². The van der Waals surface area contributed by atoms with Crippen LogP contribution in [0.5, 0.6) is 0 Å². The van der Waals surface area contributed by atoms with Crippen LogP contribution in [0.4, 0.5) is 15.8 Å². The van der Waals surface area contributed by atoms with Gasteiger partial charge in [0.15, 0.2) is 0 Å². The molecule has 0 bridgehead atoms. The van der Waals surface area contributed by atoms with E-state index in [1.807, 2.05) is 43.3 Å². The SMILES string of the molecule is [2H]C(Nc1cc(Cl)c2ncc(C#N)c(N[C@H](C)c3ccccc3)c2c1)(c1ccc(F)cc1)c1cn(C2CC2)nn1. The second-order valence-corrected chi connectivity index (χ2v) is 10.0. The molecule has 7 nitrogen and oxygen atoms in total. The molecule has 6 rings (SSSR count). The molecule has 1 unspecified atom stereocenters. The predicted molar refractivity (Wildman–Crippen MR) is 150 cm³/mol. The van der Waals surface area contributed by atoms with Gasteiger partial charge in [0.2, 0.25) is 0 Å². The van der Waals surface area contributed by atoms with Crippen LogP contribution < -0.4 is 10.6 Å². The predicted octanol–water partition coefficient (Wildman–Crippen LogP) is 7.20. The first kappa shape index (κ1) is 23.6. The van der Waals surface area contributed by atoms with Crippen LogP contribution >= 0.6 is 11.6 Å². The zero-order valence-electron chi connectivity index (χ0n) is 22.1. The first-order valence-electron chi connectivity index (χ1n) is 13.2. The van der Waals surface area contributed by atoms with Crippen molar-refractivity contribution in [1.29, 1.82) is 5.26 Å². The van der Waals surface area contributed by atoms with Crippen LogP contribution in [0.3, 0.4) is 0 Å². The van der Waals surface area contributed by atoms with Crippen molar-refractivity contribution in [2.45, 2.75) is 37.9 Å². The van der Waals surface area contributed by atoms with Crippen molar-refractivity contribution in [3.63, 3.8) is 0 Å². The molecule has 0 aliphatic heterocycles. The molecule has 5 aromatic rings. The molecule has 1 aliphatic rings. The summed E-state index contributed by atoms with van der Waals surface area (Å²) in [6, 6.07) is 19.9. The topological polar surface area (TPSA) is 91.5 Å². The van der Waals surface area contributed by atoms with Gasteiger partial charge in [-0.1, -0.05) is 59.3 Å². The average Bonchev–Trinajstić information content (AvgIpc) is 3.69. The van der Waals surface area contributed by atoms with Crippen LogP contribution in [0.2, 0.25) is 5.02 Å². The summed E-state index contributed by atoms with van der Waals surface area (Å²) in [6.45, 7) is 2.01. The van der Waals surface area contributed by atoms with Crippen molar-refractivity contribution in [2.75, 3.05) is 10.6 Å². The summed E-state index contributed by atoms with van der Waals surface area (Å²) in [5.74, 6) is -0.403. The van der Waals surface area contributed by atoms with Crippen molar-refractivity contribution in [2.24, 2.45) is 0 Å². The van der Waals surface area contributed by atoms with Crippen LogP contribution in [0.25, 0.3) is 10.9 Å². The number of anilines is 2. The Morgan fingerprint density at radius 2 is 1.87 bits per heavy atom. The van der Waals surface area contributed by atoms with Crippen molar-refractivity contribution in [3.8, 4) is 6.07 Å². The molecule has 2 aromatic heterocycles. The van der Waals surface area contributed by atoms with E-state index in [-0.39, 0.29) is 12.1 Å². The molecule has 1 aliphatic carbocycles. The lowest BCUT2D eigenvalue weighted by atomic mass is 10.0. The molecule has 2 heterocycles. The number of pyridine rings is 1. The molecular formula is C30H25ClFN7. The summed E-state index contributed by atoms with van der Waals surface area (Å²) in [5, 5.41) is 26.2. The number of aromatic nitrogens is 4. The summed E-state index contributed by atoms with van der Waals surface area (Å²) in [4.78, 5) is 4.45. The molecule has 0 amide bonds. The van der Waals surface area contributed by atoms with E-state index in [1.54, 1.807) is 29.1 Å². The Kier molecular flexibility index (Phi) is 6.27. The fourth-order valence-electron chi connectivity index (χ4n) is 4.57. The molecule has 2 N–H and O–H groups in total. The first-order valence-corrected chi connectivity index (χ1v) is 13.0. The number of hydrogen-bond acceptors (Lipinski definition) is 6. The van der Waals surface area contributed by atoms with E-state index in [1.165, 1.54) is 18.3 Å². The molecule has 39 heavy (non-hydrogen) atoms. The van der Waals surface area contributed by atoms with Crippen LogP contribution in [-0.4, -0.2) is 20.0 Å². The largest absolute Gasteiger partial charge is 0.377 e. The van der Waals surface area contributed by atoms with E-state index < -0.39 is 11.8 Å². The van der Waals surface area contributed by atoms with Crippen LogP contribution in [-0.2, 0) is 0 Å². The lowest BCUT2D eigenvalue weighted by Gasteiger charge is -2.21. The van der Waals surface area contributed by atoms with Gasteiger partial charge in [0.25, 0.3) is 0 Å². The maximum absolute atomic E-state index is 13.8. The van der Waals surface area contributed by atoms with E-state index in [2.05, 4.69) is 32.0 Å². The highest BCUT2D eigenvalue weighted by molar-refractivity contribution is 6.35. The van der Waals surface area contributed by atoms with Crippen LogP contribution in [0.1, 0.15) is 61.6 Å². The number of nitriles is 1.